The van der Waals surface area contributed by atoms with Crippen molar-refractivity contribution in [2.75, 3.05) is 4.90 Å². The van der Waals surface area contributed by atoms with Crippen LogP contribution in [0.3, 0.4) is 0 Å². The van der Waals surface area contributed by atoms with E-state index in [0.717, 1.165) is 29.9 Å². The van der Waals surface area contributed by atoms with Gasteiger partial charge in [0.25, 0.3) is 0 Å². The topological polar surface area (TPSA) is 8.17 Å². The van der Waals surface area contributed by atoms with E-state index in [9.17, 15) is 0 Å². The molecule has 2 heteroatoms. The van der Waals surface area contributed by atoms with Gasteiger partial charge in [-0.2, -0.15) is 0 Å². The van der Waals surface area contributed by atoms with Crippen LogP contribution in [0.15, 0.2) is 206 Å². The van der Waals surface area contributed by atoms with E-state index in [0.29, 0.717) is 0 Å². The van der Waals surface area contributed by atoms with Crippen LogP contribution < -0.4 is 4.90 Å². The van der Waals surface area contributed by atoms with Gasteiger partial charge in [-0.3, -0.25) is 0 Å². The first-order chi connectivity index (χ1) is 32.0. The Labute approximate surface area is 389 Å². The highest BCUT2D eigenvalue weighted by Gasteiger charge is 2.25. The average molecular weight is 853 g/mol. The number of aromatic nitrogens is 1. The molecule has 1 heterocycles. The second-order valence-corrected chi connectivity index (χ2v) is 20.1. The standard InChI is InChI=1S/C64H56N2/c1-63(2,3)48-38-47(39-49(42-48)64(4,5)6)53-31-17-22-44-23-18-32-56(62(44)53)54-29-12-14-33-59(54)66(58-35-19-21-43-20-10-11-28-52(43)58)51-27-16-24-45(40-51)46-36-37-61-57(41-46)55-30-13-15-34-60(55)65(61)50-25-8-7-9-26-50/h8,10-42H,7,9H2,1-6H3. The first kappa shape index (κ1) is 41.3. The molecule has 11 rings (SSSR count). The minimum atomic E-state index is -0.00149. The first-order valence-electron chi connectivity index (χ1n) is 23.6. The predicted octanol–water partition coefficient (Wildman–Crippen LogP) is 18.4. The van der Waals surface area contributed by atoms with Crippen LogP contribution in [-0.2, 0) is 10.8 Å². The maximum Gasteiger partial charge on any atom is 0.0541 e. The van der Waals surface area contributed by atoms with Gasteiger partial charge in [-0.15, -0.1) is 0 Å². The highest BCUT2D eigenvalue weighted by atomic mass is 15.1. The largest absolute Gasteiger partial charge is 0.310 e. The van der Waals surface area contributed by atoms with Gasteiger partial charge in [0, 0.05) is 33.1 Å². The molecule has 0 amide bonds. The summed E-state index contributed by atoms with van der Waals surface area (Å²) in [7, 11) is 0. The van der Waals surface area contributed by atoms with E-state index >= 15 is 0 Å². The van der Waals surface area contributed by atoms with Crippen LogP contribution in [0, 0.1) is 0 Å². The fraction of sp³-hybridized carbons (Fsp3) is 0.156. The minimum Gasteiger partial charge on any atom is -0.310 e. The normalized spacial score (nSPS) is 13.2. The summed E-state index contributed by atoms with van der Waals surface area (Å²) in [5, 5.41) is 7.43. The number of hydrogen-bond acceptors (Lipinski definition) is 1. The molecule has 9 aromatic carbocycles. The monoisotopic (exact) mass is 852 g/mol. The number of benzene rings is 9. The maximum absolute atomic E-state index is 2.49. The van der Waals surface area contributed by atoms with Crippen molar-refractivity contribution in [3.05, 3.63) is 217 Å². The van der Waals surface area contributed by atoms with Crippen molar-refractivity contribution in [1.29, 1.82) is 0 Å². The summed E-state index contributed by atoms with van der Waals surface area (Å²) in [6.07, 6.45) is 9.10. The fourth-order valence-electron chi connectivity index (χ4n) is 10.2. The van der Waals surface area contributed by atoms with Crippen LogP contribution in [0.25, 0.3) is 82.4 Å². The number of fused-ring (bicyclic) bond motifs is 5. The Morgan fingerprint density at radius 3 is 1.80 bits per heavy atom. The number of hydrogen-bond donors (Lipinski definition) is 0. The van der Waals surface area contributed by atoms with Crippen molar-refractivity contribution in [3.8, 4) is 33.4 Å². The molecule has 0 spiro atoms. The van der Waals surface area contributed by atoms with Gasteiger partial charge in [0.1, 0.15) is 0 Å². The van der Waals surface area contributed by atoms with Crippen LogP contribution in [-0.4, -0.2) is 4.57 Å². The summed E-state index contributed by atoms with van der Waals surface area (Å²) in [6.45, 7) is 13.9. The summed E-state index contributed by atoms with van der Waals surface area (Å²) in [5.74, 6) is 0. The molecule has 10 aromatic rings. The number of rotatable bonds is 7. The van der Waals surface area contributed by atoms with Crippen LogP contribution in [0.4, 0.5) is 17.1 Å². The van der Waals surface area contributed by atoms with Crippen molar-refractivity contribution in [2.45, 2.75) is 65.2 Å². The lowest BCUT2D eigenvalue weighted by Gasteiger charge is -2.30. The predicted molar refractivity (Wildman–Crippen MR) is 285 cm³/mol. The highest BCUT2D eigenvalue weighted by molar-refractivity contribution is 6.12. The van der Waals surface area contributed by atoms with Gasteiger partial charge in [0.05, 0.1) is 22.4 Å². The van der Waals surface area contributed by atoms with Crippen molar-refractivity contribution in [2.24, 2.45) is 0 Å². The zero-order chi connectivity index (χ0) is 45.2. The van der Waals surface area contributed by atoms with E-state index in [1.54, 1.807) is 0 Å². The summed E-state index contributed by atoms with van der Waals surface area (Å²) in [4.78, 5) is 2.49. The van der Waals surface area contributed by atoms with Crippen molar-refractivity contribution >= 4 is 66.1 Å². The molecule has 1 aliphatic rings. The van der Waals surface area contributed by atoms with Crippen LogP contribution in [0.2, 0.25) is 0 Å². The zero-order valence-electron chi connectivity index (χ0n) is 38.9. The average Bonchev–Trinajstić information content (AvgIpc) is 3.67. The third-order valence-corrected chi connectivity index (χ3v) is 13.7. The number of allylic oxidation sites excluding steroid dienone is 4. The maximum atomic E-state index is 2.49. The molecule has 2 nitrogen and oxygen atoms in total. The van der Waals surface area contributed by atoms with Crippen LogP contribution in [0.5, 0.6) is 0 Å². The second kappa shape index (κ2) is 16.2. The number of anilines is 3. The minimum absolute atomic E-state index is 0.00149. The SMILES string of the molecule is CC(C)(C)c1cc(-c2cccc3cccc(-c4ccccc4N(c4cccc(-c5ccc6c(c5)c5ccccc5n6C5=CCCC=C5)c4)c4cccc5ccccc45)c23)cc(C(C)(C)C)c1. The lowest BCUT2D eigenvalue weighted by Crippen LogP contribution is -2.16. The van der Waals surface area contributed by atoms with Crippen LogP contribution >= 0.6 is 0 Å². The van der Waals surface area contributed by atoms with Gasteiger partial charge in [-0.25, -0.2) is 0 Å². The third kappa shape index (κ3) is 7.31. The third-order valence-electron chi connectivity index (χ3n) is 13.7. The molecule has 0 bridgehead atoms. The second-order valence-electron chi connectivity index (χ2n) is 20.1. The molecule has 66 heavy (non-hydrogen) atoms. The van der Waals surface area contributed by atoms with E-state index in [-0.39, 0.29) is 10.8 Å². The van der Waals surface area contributed by atoms with Gasteiger partial charge in [0.2, 0.25) is 0 Å². The molecule has 0 radical (unpaired) electrons. The number of nitrogens with zero attached hydrogens (tertiary/aromatic N) is 2. The Kier molecular flexibility index (Phi) is 10.2. The summed E-state index contributed by atoms with van der Waals surface area (Å²) < 4.78 is 2.43. The van der Waals surface area contributed by atoms with E-state index < -0.39 is 0 Å². The lowest BCUT2D eigenvalue weighted by molar-refractivity contribution is 0.569. The highest BCUT2D eigenvalue weighted by Crippen LogP contribution is 2.48. The van der Waals surface area contributed by atoms with Crippen molar-refractivity contribution in [3.63, 3.8) is 0 Å². The molecule has 0 atom stereocenters. The van der Waals surface area contributed by atoms with Gasteiger partial charge >= 0.3 is 0 Å². The van der Waals surface area contributed by atoms with Crippen LogP contribution in [0.1, 0.15) is 65.5 Å². The molecule has 0 saturated carbocycles. The van der Waals surface area contributed by atoms with Gasteiger partial charge in [-0.05, 0) is 127 Å². The fourth-order valence-corrected chi connectivity index (χ4v) is 10.2. The zero-order valence-corrected chi connectivity index (χ0v) is 38.9. The van der Waals surface area contributed by atoms with Gasteiger partial charge < -0.3 is 9.47 Å². The molecular weight excluding hydrogens is 797 g/mol. The molecular formula is C64H56N2. The molecule has 0 aliphatic heterocycles. The number of para-hydroxylation sites is 2. The lowest BCUT2D eigenvalue weighted by atomic mass is 9.78. The summed E-state index contributed by atoms with van der Waals surface area (Å²) in [5.41, 5.74) is 17.0. The molecule has 1 aromatic heterocycles. The Hall–Kier alpha value is -7.42. The van der Waals surface area contributed by atoms with E-state index in [1.165, 1.54) is 93.6 Å². The quantitative estimate of drug-likeness (QED) is 0.155. The van der Waals surface area contributed by atoms with E-state index in [1.807, 2.05) is 0 Å². The Balaban J connectivity index is 1.12. The van der Waals surface area contributed by atoms with E-state index in [4.69, 9.17) is 0 Å². The van der Waals surface area contributed by atoms with Crippen molar-refractivity contribution < 1.29 is 0 Å². The molecule has 0 fully saturated rings. The van der Waals surface area contributed by atoms with Gasteiger partial charge in [0.15, 0.2) is 0 Å². The smallest absolute Gasteiger partial charge is 0.0541 e. The molecule has 322 valence electrons. The van der Waals surface area contributed by atoms with Crippen molar-refractivity contribution in [1.82, 2.24) is 4.57 Å². The summed E-state index contributed by atoms with van der Waals surface area (Å²) >= 11 is 0. The molecule has 0 N–H and O–H groups in total. The first-order valence-corrected chi connectivity index (χ1v) is 23.6. The van der Waals surface area contributed by atoms with E-state index in [2.05, 4.69) is 257 Å². The Morgan fingerprint density at radius 2 is 1.03 bits per heavy atom. The molecule has 1 aliphatic carbocycles. The molecule has 0 saturated heterocycles. The van der Waals surface area contributed by atoms with Gasteiger partial charge in [-0.1, -0.05) is 199 Å². The Morgan fingerprint density at radius 1 is 0.424 bits per heavy atom. The summed E-state index contributed by atoms with van der Waals surface area (Å²) in [6, 6.07) is 70.4. The Bertz CT molecular complexity index is 3520. The molecule has 0 unspecified atom stereocenters.